The molecule has 124 valence electrons. The first kappa shape index (κ1) is 14.5. The number of amides is 1. The molecule has 0 saturated heterocycles. The van der Waals surface area contributed by atoms with Crippen molar-refractivity contribution in [3.05, 3.63) is 17.2 Å². The van der Waals surface area contributed by atoms with Crippen molar-refractivity contribution in [2.24, 2.45) is 0 Å². The third-order valence-electron chi connectivity index (χ3n) is 4.73. The monoisotopic (exact) mass is 325 g/mol. The number of nitrogens with one attached hydrogen (secondary N) is 1. The molecule has 6 N–H and O–H groups in total. The normalized spacial score (nSPS) is 37.8. The number of aliphatic hydroxyl groups is 4. The van der Waals surface area contributed by atoms with E-state index in [0.29, 0.717) is 0 Å². The number of hydrogen-bond donors (Lipinski definition) is 6. The lowest BCUT2D eigenvalue weighted by Gasteiger charge is -2.47. The van der Waals surface area contributed by atoms with E-state index in [1.807, 2.05) is 0 Å². The SMILES string of the molecule is O=C1N[C@@H]2[C@@H](O)[C@@H](O)[C@@H](O)[C@H](O)[C@H]2c2cc3c(c(O)c21)OCO3. The summed E-state index contributed by atoms with van der Waals surface area (Å²) < 4.78 is 10.3. The van der Waals surface area contributed by atoms with Gasteiger partial charge in [-0.25, -0.2) is 0 Å². The van der Waals surface area contributed by atoms with Crippen molar-refractivity contribution in [3.63, 3.8) is 0 Å². The molecule has 23 heavy (non-hydrogen) atoms. The lowest BCUT2D eigenvalue weighted by Crippen LogP contribution is -2.66. The van der Waals surface area contributed by atoms with E-state index >= 15 is 0 Å². The van der Waals surface area contributed by atoms with E-state index in [1.54, 1.807) is 0 Å². The van der Waals surface area contributed by atoms with Gasteiger partial charge < -0.3 is 40.3 Å². The Bertz CT molecular complexity index is 692. The molecule has 0 spiro atoms. The second kappa shape index (κ2) is 4.71. The summed E-state index contributed by atoms with van der Waals surface area (Å²) in [6.07, 6.45) is -6.11. The fourth-order valence-corrected chi connectivity index (χ4v) is 3.58. The molecule has 1 amide bonds. The Kier molecular flexibility index (Phi) is 2.97. The van der Waals surface area contributed by atoms with Gasteiger partial charge in [0, 0.05) is 5.92 Å². The van der Waals surface area contributed by atoms with Gasteiger partial charge in [-0.05, 0) is 11.6 Å². The number of aliphatic hydroxyl groups excluding tert-OH is 4. The third-order valence-corrected chi connectivity index (χ3v) is 4.73. The summed E-state index contributed by atoms with van der Waals surface area (Å²) in [5.41, 5.74) is 0.114. The Morgan fingerprint density at radius 2 is 1.74 bits per heavy atom. The number of rotatable bonds is 0. The number of hydrogen-bond acceptors (Lipinski definition) is 8. The van der Waals surface area contributed by atoms with Crippen molar-refractivity contribution < 1.29 is 39.8 Å². The van der Waals surface area contributed by atoms with Crippen molar-refractivity contribution in [1.29, 1.82) is 0 Å². The number of benzene rings is 1. The van der Waals surface area contributed by atoms with Gasteiger partial charge in [0.25, 0.3) is 5.91 Å². The number of fused-ring (bicyclic) bond motifs is 4. The second-order valence-corrected chi connectivity index (χ2v) is 5.91. The Hall–Kier alpha value is -2.07. The summed E-state index contributed by atoms with van der Waals surface area (Å²) in [7, 11) is 0. The molecule has 4 rings (SSSR count). The Morgan fingerprint density at radius 1 is 1.04 bits per heavy atom. The van der Waals surface area contributed by atoms with Crippen molar-refractivity contribution in [1.82, 2.24) is 5.32 Å². The van der Waals surface area contributed by atoms with Crippen LogP contribution in [0.15, 0.2) is 6.07 Å². The van der Waals surface area contributed by atoms with Crippen LogP contribution in [0.25, 0.3) is 0 Å². The van der Waals surface area contributed by atoms with Gasteiger partial charge in [0.2, 0.25) is 12.5 Å². The molecular formula is C14H15NO8. The van der Waals surface area contributed by atoms with Crippen LogP contribution in [0.2, 0.25) is 0 Å². The average Bonchev–Trinajstić information content (AvgIpc) is 2.99. The topological polar surface area (TPSA) is 149 Å². The van der Waals surface area contributed by atoms with Crippen LogP contribution >= 0.6 is 0 Å². The minimum atomic E-state index is -1.60. The van der Waals surface area contributed by atoms with Gasteiger partial charge in [0.1, 0.15) is 18.3 Å². The molecule has 0 aromatic heterocycles. The minimum absolute atomic E-state index is 0.0313. The Labute approximate surface area is 129 Å². The van der Waals surface area contributed by atoms with Crippen LogP contribution in [-0.4, -0.2) is 68.7 Å². The molecule has 1 aliphatic carbocycles. The van der Waals surface area contributed by atoms with E-state index in [1.165, 1.54) is 6.07 Å². The van der Waals surface area contributed by atoms with Crippen molar-refractivity contribution in [2.45, 2.75) is 36.4 Å². The molecule has 3 aliphatic rings. The zero-order valence-electron chi connectivity index (χ0n) is 11.7. The van der Waals surface area contributed by atoms with Crippen LogP contribution in [0.4, 0.5) is 0 Å². The van der Waals surface area contributed by atoms with E-state index in [0.717, 1.165) is 0 Å². The first-order valence-electron chi connectivity index (χ1n) is 7.10. The largest absolute Gasteiger partial charge is 0.504 e. The van der Waals surface area contributed by atoms with Crippen LogP contribution < -0.4 is 14.8 Å². The van der Waals surface area contributed by atoms with E-state index < -0.39 is 48.0 Å². The molecular weight excluding hydrogens is 310 g/mol. The lowest BCUT2D eigenvalue weighted by molar-refractivity contribution is -0.155. The summed E-state index contributed by atoms with van der Waals surface area (Å²) in [5, 5.41) is 52.9. The van der Waals surface area contributed by atoms with Crippen LogP contribution in [-0.2, 0) is 0 Å². The van der Waals surface area contributed by atoms with Crippen molar-refractivity contribution in [3.8, 4) is 17.2 Å². The summed E-state index contributed by atoms with van der Waals surface area (Å²) in [6.45, 7) is -0.117. The zero-order chi connectivity index (χ0) is 16.5. The predicted molar refractivity (Wildman–Crippen MR) is 72.3 cm³/mol. The van der Waals surface area contributed by atoms with Crippen LogP contribution in [0.3, 0.4) is 0 Å². The van der Waals surface area contributed by atoms with Gasteiger partial charge in [0.05, 0.1) is 17.7 Å². The summed E-state index contributed by atoms with van der Waals surface area (Å²) in [4.78, 5) is 12.3. The first-order valence-corrected chi connectivity index (χ1v) is 7.10. The molecule has 9 heteroatoms. The number of aromatic hydroxyl groups is 1. The highest BCUT2D eigenvalue weighted by Crippen LogP contribution is 2.49. The highest BCUT2D eigenvalue weighted by molar-refractivity contribution is 6.01. The quantitative estimate of drug-likeness (QED) is 0.314. The molecule has 0 unspecified atom stereocenters. The highest BCUT2D eigenvalue weighted by Gasteiger charge is 2.53. The maximum Gasteiger partial charge on any atom is 0.255 e. The van der Waals surface area contributed by atoms with Crippen LogP contribution in [0, 0.1) is 0 Å². The molecule has 2 aliphatic heterocycles. The van der Waals surface area contributed by atoms with E-state index in [4.69, 9.17) is 9.47 Å². The summed E-state index contributed by atoms with van der Waals surface area (Å²) in [5.74, 6) is -1.78. The van der Waals surface area contributed by atoms with Crippen LogP contribution in [0.1, 0.15) is 21.8 Å². The average molecular weight is 325 g/mol. The zero-order valence-corrected chi connectivity index (χ0v) is 11.7. The molecule has 1 saturated carbocycles. The maximum absolute atomic E-state index is 12.3. The Morgan fingerprint density at radius 3 is 2.48 bits per heavy atom. The minimum Gasteiger partial charge on any atom is -0.504 e. The van der Waals surface area contributed by atoms with E-state index in [9.17, 15) is 30.3 Å². The lowest BCUT2D eigenvalue weighted by atomic mass is 9.70. The number of phenolic OH excluding ortho intramolecular Hbond substituents is 1. The number of phenols is 1. The fourth-order valence-electron chi connectivity index (χ4n) is 3.58. The standard InChI is InChI=1S/C14H15NO8/c16-8-5-3-1-4-13(23-2-22-4)9(17)6(3)14(21)15-7(5)10(18)12(20)11(8)19/h1,5,7-8,10-12,16-20H,2H2,(H,15,21)/t5-,7-,8+,10+,11-,12+/m0/s1. The van der Waals surface area contributed by atoms with Gasteiger partial charge in [0.15, 0.2) is 11.5 Å². The smallest absolute Gasteiger partial charge is 0.255 e. The van der Waals surface area contributed by atoms with Crippen molar-refractivity contribution >= 4 is 5.91 Å². The predicted octanol–water partition coefficient (Wildman–Crippen LogP) is -2.23. The van der Waals surface area contributed by atoms with Crippen LogP contribution in [0.5, 0.6) is 17.2 Å². The molecule has 9 nitrogen and oxygen atoms in total. The summed E-state index contributed by atoms with van der Waals surface area (Å²) in [6, 6.07) is 0.428. The van der Waals surface area contributed by atoms with E-state index in [-0.39, 0.29) is 29.4 Å². The fraction of sp³-hybridized carbons (Fsp3) is 0.500. The first-order chi connectivity index (χ1) is 10.9. The van der Waals surface area contributed by atoms with Gasteiger partial charge in [-0.3, -0.25) is 4.79 Å². The van der Waals surface area contributed by atoms with Gasteiger partial charge in [-0.2, -0.15) is 0 Å². The Balaban J connectivity index is 1.91. The number of carbonyl (C=O) groups excluding carboxylic acids is 1. The molecule has 2 heterocycles. The number of ether oxygens (including phenoxy) is 2. The molecule has 0 radical (unpaired) electrons. The molecule has 1 fully saturated rings. The molecule has 1 aromatic carbocycles. The molecule has 6 atom stereocenters. The van der Waals surface area contributed by atoms with E-state index in [2.05, 4.69) is 5.32 Å². The highest BCUT2D eigenvalue weighted by atomic mass is 16.7. The van der Waals surface area contributed by atoms with Gasteiger partial charge in [-0.1, -0.05) is 0 Å². The molecule has 0 bridgehead atoms. The maximum atomic E-state index is 12.3. The second-order valence-electron chi connectivity index (χ2n) is 5.91. The number of carbonyl (C=O) groups is 1. The van der Waals surface area contributed by atoms with Gasteiger partial charge in [-0.15, -0.1) is 0 Å². The van der Waals surface area contributed by atoms with Crippen molar-refractivity contribution in [2.75, 3.05) is 6.79 Å². The third kappa shape index (κ3) is 1.78. The summed E-state index contributed by atoms with van der Waals surface area (Å²) >= 11 is 0. The molecule has 1 aromatic rings. The van der Waals surface area contributed by atoms with Gasteiger partial charge >= 0.3 is 0 Å².